The van der Waals surface area contributed by atoms with E-state index in [1.165, 1.54) is 30.3 Å². The molecule has 21 heavy (non-hydrogen) atoms. The average molecular weight is 292 g/mol. The molecule has 7 heteroatoms. The second-order valence-electron chi connectivity index (χ2n) is 4.05. The van der Waals surface area contributed by atoms with Gasteiger partial charge in [0.15, 0.2) is 0 Å². The largest absolute Gasteiger partial charge is 0.465 e. The lowest BCUT2D eigenvalue weighted by atomic mass is 10.1. The Hall–Kier alpha value is -2.70. The summed E-state index contributed by atoms with van der Waals surface area (Å²) in [6.45, 7) is 5.15. The standard InChI is InChI=1S/C14H16N2O5/c1-3-9-15(10-13(17)21-4-2)14(18)11-7-5-6-8-12(11)16(19)20/h3,5-8H,1,4,9-10H2,2H3. The van der Waals surface area contributed by atoms with Crippen LogP contribution >= 0.6 is 0 Å². The second kappa shape index (κ2) is 7.78. The second-order valence-corrected chi connectivity index (χ2v) is 4.05. The fourth-order valence-corrected chi connectivity index (χ4v) is 1.72. The van der Waals surface area contributed by atoms with E-state index in [1.54, 1.807) is 6.92 Å². The van der Waals surface area contributed by atoms with E-state index in [9.17, 15) is 19.7 Å². The molecule has 0 aromatic heterocycles. The van der Waals surface area contributed by atoms with Gasteiger partial charge in [-0.3, -0.25) is 19.7 Å². The molecule has 0 heterocycles. The van der Waals surface area contributed by atoms with Gasteiger partial charge in [-0.1, -0.05) is 18.2 Å². The quantitative estimate of drug-likeness (QED) is 0.331. The van der Waals surface area contributed by atoms with Gasteiger partial charge < -0.3 is 9.64 Å². The summed E-state index contributed by atoms with van der Waals surface area (Å²) in [4.78, 5) is 35.3. The molecule has 0 saturated carbocycles. The summed E-state index contributed by atoms with van der Waals surface area (Å²) in [6.07, 6.45) is 1.44. The van der Waals surface area contributed by atoms with Gasteiger partial charge >= 0.3 is 5.97 Å². The molecule has 0 radical (unpaired) electrons. The number of hydrogen-bond donors (Lipinski definition) is 0. The summed E-state index contributed by atoms with van der Waals surface area (Å²) in [7, 11) is 0. The zero-order valence-electron chi connectivity index (χ0n) is 11.7. The summed E-state index contributed by atoms with van der Waals surface area (Å²) in [6, 6.07) is 5.58. The maximum atomic E-state index is 12.4. The van der Waals surface area contributed by atoms with E-state index in [0.717, 1.165) is 4.90 Å². The Morgan fingerprint density at radius 2 is 2.10 bits per heavy atom. The first kappa shape index (κ1) is 16.4. The molecule has 0 atom stereocenters. The summed E-state index contributed by atoms with van der Waals surface area (Å²) in [5.74, 6) is -1.19. The molecule has 0 spiro atoms. The van der Waals surface area contributed by atoms with Crippen molar-refractivity contribution in [3.05, 3.63) is 52.6 Å². The van der Waals surface area contributed by atoms with E-state index in [1.807, 2.05) is 0 Å². The molecule has 0 saturated heterocycles. The molecule has 0 unspecified atom stereocenters. The lowest BCUT2D eigenvalue weighted by Gasteiger charge is -2.19. The SMILES string of the molecule is C=CCN(CC(=O)OCC)C(=O)c1ccccc1[N+](=O)[O-]. The first-order valence-corrected chi connectivity index (χ1v) is 6.30. The molecule has 1 amide bonds. The van der Waals surface area contributed by atoms with Gasteiger partial charge in [0.1, 0.15) is 12.1 Å². The molecular formula is C14H16N2O5. The Kier molecular flexibility index (Phi) is 6.06. The predicted octanol–water partition coefficient (Wildman–Crippen LogP) is 1.79. The number of amides is 1. The number of rotatable bonds is 7. The van der Waals surface area contributed by atoms with Crippen LogP contribution in [0.4, 0.5) is 5.69 Å². The maximum absolute atomic E-state index is 12.4. The Bertz CT molecular complexity index is 556. The van der Waals surface area contributed by atoms with E-state index in [0.29, 0.717) is 0 Å². The number of esters is 1. The van der Waals surface area contributed by atoms with E-state index in [2.05, 4.69) is 6.58 Å². The van der Waals surface area contributed by atoms with Gasteiger partial charge in [0, 0.05) is 12.6 Å². The predicted molar refractivity (Wildman–Crippen MR) is 75.8 cm³/mol. The van der Waals surface area contributed by atoms with Gasteiger partial charge in [0.2, 0.25) is 0 Å². The van der Waals surface area contributed by atoms with Crippen LogP contribution in [0.15, 0.2) is 36.9 Å². The minimum atomic E-state index is -0.635. The number of para-hydroxylation sites is 1. The molecule has 0 aliphatic carbocycles. The van der Waals surface area contributed by atoms with Gasteiger partial charge in [-0.2, -0.15) is 0 Å². The Morgan fingerprint density at radius 1 is 1.43 bits per heavy atom. The zero-order valence-corrected chi connectivity index (χ0v) is 11.7. The van der Waals surface area contributed by atoms with Crippen molar-refractivity contribution in [1.29, 1.82) is 0 Å². The van der Waals surface area contributed by atoms with Crippen LogP contribution in [0, 0.1) is 10.1 Å². The van der Waals surface area contributed by atoms with Crippen LogP contribution in [-0.2, 0) is 9.53 Å². The number of hydrogen-bond acceptors (Lipinski definition) is 5. The van der Waals surface area contributed by atoms with Crippen molar-refractivity contribution >= 4 is 17.6 Å². The first-order chi connectivity index (χ1) is 10.0. The molecule has 0 aliphatic heterocycles. The monoisotopic (exact) mass is 292 g/mol. The highest BCUT2D eigenvalue weighted by Crippen LogP contribution is 2.19. The highest BCUT2D eigenvalue weighted by atomic mass is 16.6. The number of ether oxygens (including phenoxy) is 1. The summed E-state index contributed by atoms with van der Waals surface area (Å²) in [5.41, 5.74) is -0.380. The minimum absolute atomic E-state index is 0.0753. The zero-order chi connectivity index (χ0) is 15.8. The van der Waals surface area contributed by atoms with Gasteiger partial charge in [-0.15, -0.1) is 6.58 Å². The normalized spacial score (nSPS) is 9.76. The van der Waals surface area contributed by atoms with Crippen molar-refractivity contribution in [1.82, 2.24) is 4.90 Å². The number of nitro groups is 1. The molecule has 112 valence electrons. The third kappa shape index (κ3) is 4.41. The Balaban J connectivity index is 3.03. The fourth-order valence-electron chi connectivity index (χ4n) is 1.72. The van der Waals surface area contributed by atoms with Gasteiger partial charge in [0.25, 0.3) is 11.6 Å². The van der Waals surface area contributed by atoms with Crippen LogP contribution in [0.2, 0.25) is 0 Å². The summed E-state index contributed by atoms with van der Waals surface area (Å²) < 4.78 is 4.78. The topological polar surface area (TPSA) is 89.8 Å². The van der Waals surface area contributed by atoms with Crippen molar-refractivity contribution in [2.75, 3.05) is 19.7 Å². The smallest absolute Gasteiger partial charge is 0.325 e. The third-order valence-corrected chi connectivity index (χ3v) is 2.59. The van der Waals surface area contributed by atoms with Crippen LogP contribution in [0.1, 0.15) is 17.3 Å². The lowest BCUT2D eigenvalue weighted by Crippen LogP contribution is -2.36. The van der Waals surface area contributed by atoms with Crippen LogP contribution in [-0.4, -0.2) is 41.4 Å². The molecule has 0 aliphatic rings. The maximum Gasteiger partial charge on any atom is 0.325 e. The first-order valence-electron chi connectivity index (χ1n) is 6.30. The Morgan fingerprint density at radius 3 is 2.67 bits per heavy atom. The van der Waals surface area contributed by atoms with Gasteiger partial charge in [-0.25, -0.2) is 0 Å². The Labute approximate surface area is 122 Å². The molecule has 0 N–H and O–H groups in total. The molecule has 0 bridgehead atoms. The molecule has 0 fully saturated rings. The minimum Gasteiger partial charge on any atom is -0.465 e. The fraction of sp³-hybridized carbons (Fsp3) is 0.286. The van der Waals surface area contributed by atoms with Crippen LogP contribution < -0.4 is 0 Å². The van der Waals surface area contributed by atoms with Gasteiger partial charge in [-0.05, 0) is 13.0 Å². The van der Waals surface area contributed by atoms with E-state index < -0.39 is 16.8 Å². The number of carbonyl (C=O) groups excluding carboxylic acids is 2. The summed E-state index contributed by atoms with van der Waals surface area (Å²) >= 11 is 0. The van der Waals surface area contributed by atoms with E-state index in [4.69, 9.17) is 4.74 Å². The summed E-state index contributed by atoms with van der Waals surface area (Å²) in [5, 5.41) is 11.0. The van der Waals surface area contributed by atoms with E-state index in [-0.39, 0.29) is 30.9 Å². The van der Waals surface area contributed by atoms with Crippen molar-refractivity contribution < 1.29 is 19.2 Å². The lowest BCUT2D eigenvalue weighted by molar-refractivity contribution is -0.385. The number of nitrogens with zero attached hydrogens (tertiary/aromatic N) is 2. The van der Waals surface area contributed by atoms with Crippen LogP contribution in [0.5, 0.6) is 0 Å². The van der Waals surface area contributed by atoms with Crippen molar-refractivity contribution in [2.24, 2.45) is 0 Å². The van der Waals surface area contributed by atoms with Crippen LogP contribution in [0.25, 0.3) is 0 Å². The van der Waals surface area contributed by atoms with Crippen LogP contribution in [0.3, 0.4) is 0 Å². The van der Waals surface area contributed by atoms with Crippen molar-refractivity contribution in [3.8, 4) is 0 Å². The van der Waals surface area contributed by atoms with E-state index >= 15 is 0 Å². The van der Waals surface area contributed by atoms with Crippen molar-refractivity contribution in [2.45, 2.75) is 6.92 Å². The number of benzene rings is 1. The molecule has 7 nitrogen and oxygen atoms in total. The molecular weight excluding hydrogens is 276 g/mol. The number of nitro benzene ring substituents is 1. The highest BCUT2D eigenvalue weighted by Gasteiger charge is 2.25. The average Bonchev–Trinajstić information content (AvgIpc) is 2.46. The molecule has 1 aromatic carbocycles. The van der Waals surface area contributed by atoms with Crippen molar-refractivity contribution in [3.63, 3.8) is 0 Å². The molecule has 1 rings (SSSR count). The third-order valence-electron chi connectivity index (χ3n) is 2.59. The molecule has 1 aromatic rings. The van der Waals surface area contributed by atoms with Gasteiger partial charge in [0.05, 0.1) is 11.5 Å². The highest BCUT2D eigenvalue weighted by molar-refractivity contribution is 5.99. The number of carbonyl (C=O) groups is 2.